The van der Waals surface area contributed by atoms with E-state index in [1.54, 1.807) is 6.07 Å². The van der Waals surface area contributed by atoms with E-state index in [2.05, 4.69) is 15.3 Å². The fraction of sp³-hybridized carbons (Fsp3) is 0.200. The first-order chi connectivity index (χ1) is 8.24. The Labute approximate surface area is 96.7 Å². The number of anilines is 1. The van der Waals surface area contributed by atoms with Crippen LogP contribution in [0.4, 0.5) is 11.5 Å². The third-order valence-electron chi connectivity index (χ3n) is 2.14. The number of nitrogens with one attached hydrogen (secondary N) is 1. The molecule has 17 heavy (non-hydrogen) atoms. The van der Waals surface area contributed by atoms with E-state index in [0.717, 1.165) is 0 Å². The molecule has 0 spiro atoms. The topological polar surface area (TPSA) is 94.1 Å². The quantitative estimate of drug-likeness (QED) is 0.642. The lowest BCUT2D eigenvalue weighted by Crippen LogP contribution is -2.05. The second-order valence-electron chi connectivity index (χ2n) is 3.22. The van der Waals surface area contributed by atoms with Crippen LogP contribution in [0.15, 0.2) is 29.3 Å². The molecule has 2 rings (SSSR count). The summed E-state index contributed by atoms with van der Waals surface area (Å²) in [6.45, 7) is 2.38. The Kier molecular flexibility index (Phi) is 2.99. The van der Waals surface area contributed by atoms with Gasteiger partial charge in [-0.1, -0.05) is 0 Å². The summed E-state index contributed by atoms with van der Waals surface area (Å²) in [6.07, 6.45) is 4.13. The lowest BCUT2D eigenvalue weighted by atomic mass is 10.2. The molecule has 0 aromatic carbocycles. The van der Waals surface area contributed by atoms with Crippen LogP contribution in [0.25, 0.3) is 11.3 Å². The maximum absolute atomic E-state index is 11.1. The van der Waals surface area contributed by atoms with E-state index in [1.807, 2.05) is 6.92 Å². The van der Waals surface area contributed by atoms with Crippen molar-refractivity contribution in [2.45, 2.75) is 6.92 Å². The summed E-state index contributed by atoms with van der Waals surface area (Å²) >= 11 is 0. The van der Waals surface area contributed by atoms with E-state index in [-0.39, 0.29) is 17.2 Å². The van der Waals surface area contributed by atoms with Crippen molar-refractivity contribution in [3.63, 3.8) is 0 Å². The third kappa shape index (κ3) is 2.07. The van der Waals surface area contributed by atoms with Crippen molar-refractivity contribution in [1.82, 2.24) is 9.97 Å². The molecule has 0 amide bonds. The molecular formula is C10H10N4O3. The van der Waals surface area contributed by atoms with E-state index >= 15 is 0 Å². The Morgan fingerprint density at radius 2 is 2.35 bits per heavy atom. The standard InChI is InChI=1S/C10H10N4O3/c1-2-11-10-9(14(15)16)8(12-6-13-10)7-3-4-17-5-7/h3-6H,2H2,1H3,(H,11,12,13). The Hall–Kier alpha value is -2.44. The van der Waals surface area contributed by atoms with Crippen molar-refractivity contribution < 1.29 is 9.34 Å². The van der Waals surface area contributed by atoms with Gasteiger partial charge in [0, 0.05) is 12.1 Å². The Bertz CT molecular complexity index is 524. The fourth-order valence-electron chi connectivity index (χ4n) is 1.46. The molecule has 88 valence electrons. The zero-order valence-corrected chi connectivity index (χ0v) is 9.08. The number of aromatic nitrogens is 2. The highest BCUT2D eigenvalue weighted by molar-refractivity contribution is 5.75. The molecule has 2 aromatic rings. The van der Waals surface area contributed by atoms with Crippen molar-refractivity contribution in [1.29, 1.82) is 0 Å². The Morgan fingerprint density at radius 3 is 2.94 bits per heavy atom. The first-order valence-corrected chi connectivity index (χ1v) is 5.00. The van der Waals surface area contributed by atoms with Gasteiger partial charge in [-0.25, -0.2) is 9.97 Å². The summed E-state index contributed by atoms with van der Waals surface area (Å²) in [5, 5.41) is 13.9. The average molecular weight is 234 g/mol. The summed E-state index contributed by atoms with van der Waals surface area (Å²) in [6, 6.07) is 1.62. The summed E-state index contributed by atoms with van der Waals surface area (Å²) in [5.41, 5.74) is 0.656. The van der Waals surface area contributed by atoms with Gasteiger partial charge in [0.2, 0.25) is 5.82 Å². The van der Waals surface area contributed by atoms with Gasteiger partial charge in [0.1, 0.15) is 6.33 Å². The van der Waals surface area contributed by atoms with Crippen molar-refractivity contribution in [3.05, 3.63) is 35.0 Å². The highest BCUT2D eigenvalue weighted by Gasteiger charge is 2.23. The maximum Gasteiger partial charge on any atom is 0.337 e. The van der Waals surface area contributed by atoms with Crippen LogP contribution in [0.3, 0.4) is 0 Å². The fourth-order valence-corrected chi connectivity index (χ4v) is 1.46. The van der Waals surface area contributed by atoms with Crippen LogP contribution in [0, 0.1) is 10.1 Å². The lowest BCUT2D eigenvalue weighted by molar-refractivity contribution is -0.383. The largest absolute Gasteiger partial charge is 0.472 e. The van der Waals surface area contributed by atoms with Gasteiger partial charge in [-0.3, -0.25) is 10.1 Å². The van der Waals surface area contributed by atoms with Crippen molar-refractivity contribution in [3.8, 4) is 11.3 Å². The third-order valence-corrected chi connectivity index (χ3v) is 2.14. The molecule has 0 aliphatic rings. The van der Waals surface area contributed by atoms with Gasteiger partial charge in [0.15, 0.2) is 5.69 Å². The van der Waals surface area contributed by atoms with Gasteiger partial charge < -0.3 is 9.73 Å². The van der Waals surface area contributed by atoms with Gasteiger partial charge in [0.05, 0.1) is 17.4 Å². The predicted molar refractivity (Wildman–Crippen MR) is 60.6 cm³/mol. The second-order valence-corrected chi connectivity index (χ2v) is 3.22. The molecular weight excluding hydrogens is 224 g/mol. The van der Waals surface area contributed by atoms with Crippen molar-refractivity contribution >= 4 is 11.5 Å². The summed E-state index contributed by atoms with van der Waals surface area (Å²) in [4.78, 5) is 18.4. The van der Waals surface area contributed by atoms with Crippen LogP contribution < -0.4 is 5.32 Å². The second kappa shape index (κ2) is 4.60. The summed E-state index contributed by atoms with van der Waals surface area (Å²) in [7, 11) is 0. The van der Waals surface area contributed by atoms with Crippen LogP contribution in [-0.4, -0.2) is 21.4 Å². The van der Waals surface area contributed by atoms with Crippen LogP contribution in [-0.2, 0) is 0 Å². The molecule has 0 aliphatic carbocycles. The highest BCUT2D eigenvalue weighted by Crippen LogP contribution is 2.32. The first kappa shape index (κ1) is 11.1. The number of furan rings is 1. The van der Waals surface area contributed by atoms with Crippen LogP contribution in [0.5, 0.6) is 0 Å². The molecule has 0 saturated heterocycles. The lowest BCUT2D eigenvalue weighted by Gasteiger charge is -2.05. The number of nitrogens with zero attached hydrogens (tertiary/aromatic N) is 3. The average Bonchev–Trinajstić information content (AvgIpc) is 2.82. The number of rotatable bonds is 4. The summed E-state index contributed by atoms with van der Waals surface area (Å²) in [5.74, 6) is 0.212. The van der Waals surface area contributed by atoms with Gasteiger partial charge in [-0.05, 0) is 13.0 Å². The zero-order chi connectivity index (χ0) is 12.3. The smallest absolute Gasteiger partial charge is 0.337 e. The van der Waals surface area contributed by atoms with E-state index in [0.29, 0.717) is 12.1 Å². The minimum absolute atomic E-state index is 0.143. The monoisotopic (exact) mass is 234 g/mol. The van der Waals surface area contributed by atoms with Gasteiger partial charge >= 0.3 is 5.69 Å². The van der Waals surface area contributed by atoms with E-state index in [4.69, 9.17) is 4.42 Å². The molecule has 0 saturated carbocycles. The molecule has 0 fully saturated rings. The zero-order valence-electron chi connectivity index (χ0n) is 9.08. The number of hydrogen-bond acceptors (Lipinski definition) is 6. The number of hydrogen-bond donors (Lipinski definition) is 1. The number of nitro groups is 1. The SMILES string of the molecule is CCNc1ncnc(-c2ccoc2)c1[N+](=O)[O-]. The normalized spacial score (nSPS) is 10.2. The van der Waals surface area contributed by atoms with Crippen LogP contribution >= 0.6 is 0 Å². The van der Waals surface area contributed by atoms with Crippen molar-refractivity contribution in [2.24, 2.45) is 0 Å². The molecule has 1 N–H and O–H groups in total. The predicted octanol–water partition coefficient (Wildman–Crippen LogP) is 2.08. The molecule has 2 heterocycles. The van der Waals surface area contributed by atoms with Crippen molar-refractivity contribution in [2.75, 3.05) is 11.9 Å². The Morgan fingerprint density at radius 1 is 1.53 bits per heavy atom. The minimum Gasteiger partial charge on any atom is -0.472 e. The molecule has 0 radical (unpaired) electrons. The molecule has 0 bridgehead atoms. The molecule has 7 heteroatoms. The Balaban J connectivity index is 2.59. The molecule has 0 atom stereocenters. The summed E-state index contributed by atoms with van der Waals surface area (Å²) < 4.78 is 4.90. The highest BCUT2D eigenvalue weighted by atomic mass is 16.6. The van der Waals surface area contributed by atoms with E-state index in [1.165, 1.54) is 18.9 Å². The minimum atomic E-state index is -0.500. The maximum atomic E-state index is 11.1. The first-order valence-electron chi connectivity index (χ1n) is 5.00. The van der Waals surface area contributed by atoms with Crippen LogP contribution in [0.1, 0.15) is 6.92 Å². The van der Waals surface area contributed by atoms with Crippen LogP contribution in [0.2, 0.25) is 0 Å². The molecule has 2 aromatic heterocycles. The van der Waals surface area contributed by atoms with Gasteiger partial charge in [0.25, 0.3) is 0 Å². The molecule has 7 nitrogen and oxygen atoms in total. The molecule has 0 aliphatic heterocycles. The van der Waals surface area contributed by atoms with Gasteiger partial charge in [-0.2, -0.15) is 0 Å². The van der Waals surface area contributed by atoms with Gasteiger partial charge in [-0.15, -0.1) is 0 Å². The van der Waals surface area contributed by atoms with E-state index in [9.17, 15) is 10.1 Å². The van der Waals surface area contributed by atoms with E-state index < -0.39 is 4.92 Å². The molecule has 0 unspecified atom stereocenters.